The van der Waals surface area contributed by atoms with Gasteiger partial charge in [-0.05, 0) is 43.1 Å². The van der Waals surface area contributed by atoms with Crippen LogP contribution in [0.25, 0.3) is 0 Å². The number of ether oxygens (including phenoxy) is 2. The summed E-state index contributed by atoms with van der Waals surface area (Å²) < 4.78 is 12.6. The van der Waals surface area contributed by atoms with Crippen molar-refractivity contribution < 1.29 is 14.3 Å². The van der Waals surface area contributed by atoms with Gasteiger partial charge in [0, 0.05) is 0 Å². The van der Waals surface area contributed by atoms with Gasteiger partial charge in [0.1, 0.15) is 18.9 Å². The predicted octanol–water partition coefficient (Wildman–Crippen LogP) is 4.84. The molecule has 0 aromatic heterocycles. The highest BCUT2D eigenvalue weighted by atomic mass is 16.6. The molecule has 4 atom stereocenters. The van der Waals surface area contributed by atoms with Gasteiger partial charge in [-0.1, -0.05) is 68.9 Å². The number of fused-ring (bicyclic) bond motifs is 1. The Morgan fingerprint density at radius 3 is 2.14 bits per heavy atom. The fourth-order valence-corrected chi connectivity index (χ4v) is 6.14. The van der Waals surface area contributed by atoms with E-state index in [0.717, 1.165) is 0 Å². The minimum Gasteiger partial charge on any atom is -0.462 e. The lowest BCUT2D eigenvalue weighted by Gasteiger charge is -2.42. The van der Waals surface area contributed by atoms with E-state index in [1.165, 1.54) is 69.8 Å². The molecule has 0 spiro atoms. The summed E-state index contributed by atoms with van der Waals surface area (Å²) in [4.78, 5) is 15.4. The number of carbonyl (C=O) groups excluding carboxylic acids is 1. The molecule has 2 saturated heterocycles. The van der Waals surface area contributed by atoms with Crippen molar-refractivity contribution in [2.24, 2.45) is 11.8 Å². The van der Waals surface area contributed by atoms with Crippen LogP contribution in [0.3, 0.4) is 0 Å². The maximum absolute atomic E-state index is 13.0. The molecule has 4 nitrogen and oxygen atoms in total. The van der Waals surface area contributed by atoms with Crippen molar-refractivity contribution in [3.05, 3.63) is 35.9 Å². The Bertz CT molecular complexity index is 666. The number of hydrogen-bond donors (Lipinski definition) is 0. The van der Waals surface area contributed by atoms with Crippen LogP contribution in [-0.4, -0.2) is 35.8 Å². The molecule has 2 heterocycles. The Balaban J connectivity index is 1.49. The summed E-state index contributed by atoms with van der Waals surface area (Å²) >= 11 is 0. The fraction of sp³-hybridized carbons (Fsp3) is 0.708. The van der Waals surface area contributed by atoms with Crippen LogP contribution in [0.1, 0.15) is 75.8 Å². The van der Waals surface area contributed by atoms with Crippen LogP contribution in [0.2, 0.25) is 0 Å². The minimum atomic E-state index is -0.228. The largest absolute Gasteiger partial charge is 0.462 e. The Morgan fingerprint density at radius 2 is 1.46 bits per heavy atom. The molecule has 28 heavy (non-hydrogen) atoms. The maximum Gasteiger partial charge on any atom is 0.326 e. The smallest absolute Gasteiger partial charge is 0.326 e. The Morgan fingerprint density at radius 1 is 0.821 bits per heavy atom. The van der Waals surface area contributed by atoms with Crippen LogP contribution in [0, 0.1) is 11.8 Å². The second kappa shape index (κ2) is 8.16. The molecular formula is C24H33NO3. The summed E-state index contributed by atoms with van der Waals surface area (Å²) in [5.74, 6) is 0.986. The maximum atomic E-state index is 13.0. The lowest BCUT2D eigenvalue weighted by Crippen LogP contribution is -2.55. The molecule has 0 N–H and O–H groups in total. The van der Waals surface area contributed by atoms with Crippen LogP contribution >= 0.6 is 0 Å². The standard InChI is InChI=1S/C24H33NO3/c26-24-21-22(18-12-6-2-7-13-18)28-23(19-14-8-3-9-15-19)25(21)20(16-27-24)17-10-4-1-5-11-17/h1,4-5,10-11,18-23H,2-3,6-9,12-16H2/t20-,21+,22?,23?/m1/s1. The topological polar surface area (TPSA) is 38.8 Å². The van der Waals surface area contributed by atoms with Crippen molar-refractivity contribution in [3.8, 4) is 0 Å². The molecule has 2 aliphatic carbocycles. The first-order chi connectivity index (χ1) is 13.8. The van der Waals surface area contributed by atoms with Crippen molar-refractivity contribution >= 4 is 5.97 Å². The monoisotopic (exact) mass is 383 g/mol. The average Bonchev–Trinajstić information content (AvgIpc) is 3.17. The second-order valence-electron chi connectivity index (χ2n) is 9.24. The molecule has 1 aromatic carbocycles. The summed E-state index contributed by atoms with van der Waals surface area (Å²) in [5.41, 5.74) is 1.24. The zero-order chi connectivity index (χ0) is 18.9. The average molecular weight is 384 g/mol. The van der Waals surface area contributed by atoms with Gasteiger partial charge in [0.05, 0.1) is 12.1 Å². The van der Waals surface area contributed by atoms with E-state index in [4.69, 9.17) is 9.47 Å². The van der Waals surface area contributed by atoms with Crippen LogP contribution < -0.4 is 0 Å². The van der Waals surface area contributed by atoms with Crippen molar-refractivity contribution in [3.63, 3.8) is 0 Å². The third-order valence-corrected chi connectivity index (χ3v) is 7.56. The van der Waals surface area contributed by atoms with E-state index in [2.05, 4.69) is 35.2 Å². The van der Waals surface area contributed by atoms with Gasteiger partial charge in [0.25, 0.3) is 0 Å². The first-order valence-corrected chi connectivity index (χ1v) is 11.5. The molecule has 5 rings (SSSR count). The third kappa shape index (κ3) is 3.39. The number of esters is 1. The zero-order valence-corrected chi connectivity index (χ0v) is 16.8. The number of carbonyl (C=O) groups is 1. The molecule has 0 bridgehead atoms. The van der Waals surface area contributed by atoms with Crippen molar-refractivity contribution in [2.75, 3.05) is 6.61 Å². The Hall–Kier alpha value is -1.39. The highest BCUT2D eigenvalue weighted by molar-refractivity contribution is 5.78. The van der Waals surface area contributed by atoms with Crippen LogP contribution in [-0.2, 0) is 14.3 Å². The van der Waals surface area contributed by atoms with Crippen molar-refractivity contribution in [1.29, 1.82) is 0 Å². The molecule has 2 saturated carbocycles. The van der Waals surface area contributed by atoms with E-state index in [0.29, 0.717) is 18.4 Å². The van der Waals surface area contributed by atoms with Gasteiger partial charge in [0.15, 0.2) is 0 Å². The van der Waals surface area contributed by atoms with Gasteiger partial charge in [-0.3, -0.25) is 9.69 Å². The molecule has 2 unspecified atom stereocenters. The third-order valence-electron chi connectivity index (χ3n) is 7.56. The number of hydrogen-bond acceptors (Lipinski definition) is 4. The molecular weight excluding hydrogens is 350 g/mol. The van der Waals surface area contributed by atoms with E-state index in [-0.39, 0.29) is 30.4 Å². The van der Waals surface area contributed by atoms with Crippen LogP contribution in [0.5, 0.6) is 0 Å². The zero-order valence-electron chi connectivity index (χ0n) is 16.8. The quantitative estimate of drug-likeness (QED) is 0.700. The van der Waals surface area contributed by atoms with Crippen molar-refractivity contribution in [2.45, 2.75) is 88.6 Å². The Kier molecular flexibility index (Phi) is 5.43. The van der Waals surface area contributed by atoms with Crippen LogP contribution in [0.15, 0.2) is 30.3 Å². The first-order valence-electron chi connectivity index (χ1n) is 11.5. The lowest BCUT2D eigenvalue weighted by atomic mass is 9.82. The SMILES string of the molecule is O=C1OC[C@H](c2ccccc2)N2C(C3CCCCC3)OC(C3CCCCC3)[C@@H]12. The molecule has 152 valence electrons. The molecule has 1 aromatic rings. The highest BCUT2D eigenvalue weighted by Gasteiger charge is 2.56. The number of nitrogens with zero attached hydrogens (tertiary/aromatic N) is 1. The molecule has 4 aliphatic rings. The van der Waals surface area contributed by atoms with E-state index in [1.54, 1.807) is 0 Å². The fourth-order valence-electron chi connectivity index (χ4n) is 6.14. The summed E-state index contributed by atoms with van der Waals surface area (Å²) in [6.45, 7) is 0.448. The van der Waals surface area contributed by atoms with E-state index < -0.39 is 0 Å². The predicted molar refractivity (Wildman–Crippen MR) is 108 cm³/mol. The van der Waals surface area contributed by atoms with Crippen molar-refractivity contribution in [1.82, 2.24) is 4.90 Å². The molecule has 0 radical (unpaired) electrons. The van der Waals surface area contributed by atoms with Gasteiger partial charge < -0.3 is 9.47 Å². The summed E-state index contributed by atoms with van der Waals surface area (Å²) in [6.07, 6.45) is 12.7. The van der Waals surface area contributed by atoms with Gasteiger partial charge in [-0.2, -0.15) is 0 Å². The van der Waals surface area contributed by atoms with Gasteiger partial charge in [-0.25, -0.2) is 0 Å². The first kappa shape index (κ1) is 18.6. The van der Waals surface area contributed by atoms with E-state index >= 15 is 0 Å². The van der Waals surface area contributed by atoms with Gasteiger partial charge >= 0.3 is 5.97 Å². The summed E-state index contributed by atoms with van der Waals surface area (Å²) in [5, 5.41) is 0. The van der Waals surface area contributed by atoms with E-state index in [9.17, 15) is 4.79 Å². The number of rotatable bonds is 3. The minimum absolute atomic E-state index is 0.00578. The molecule has 2 aliphatic heterocycles. The molecule has 4 heteroatoms. The lowest BCUT2D eigenvalue weighted by molar-refractivity contribution is -0.165. The van der Waals surface area contributed by atoms with Gasteiger partial charge in [0.2, 0.25) is 0 Å². The second-order valence-corrected chi connectivity index (χ2v) is 9.24. The molecule has 0 amide bonds. The summed E-state index contributed by atoms with van der Waals surface area (Å²) in [6, 6.07) is 10.5. The highest BCUT2D eigenvalue weighted by Crippen LogP contribution is 2.46. The Labute approximate surface area is 168 Å². The summed E-state index contributed by atoms with van der Waals surface area (Å²) in [7, 11) is 0. The number of cyclic esters (lactones) is 1. The van der Waals surface area contributed by atoms with Crippen LogP contribution in [0.4, 0.5) is 0 Å². The number of morpholine rings is 1. The number of benzene rings is 1. The van der Waals surface area contributed by atoms with E-state index in [1.807, 2.05) is 0 Å². The molecule has 4 fully saturated rings. The normalized spacial score (nSPS) is 35.5. The van der Waals surface area contributed by atoms with Gasteiger partial charge in [-0.15, -0.1) is 0 Å².